The van der Waals surface area contributed by atoms with E-state index in [9.17, 15) is 13.2 Å². The van der Waals surface area contributed by atoms with Gasteiger partial charge in [-0.25, -0.2) is 8.42 Å². The first kappa shape index (κ1) is 19.5. The van der Waals surface area contributed by atoms with Crippen LogP contribution in [0.3, 0.4) is 0 Å². The maximum atomic E-state index is 11.9. The van der Waals surface area contributed by atoms with Crippen molar-refractivity contribution in [1.82, 2.24) is 5.32 Å². The van der Waals surface area contributed by atoms with Crippen LogP contribution >= 0.6 is 0 Å². The van der Waals surface area contributed by atoms with E-state index in [0.29, 0.717) is 0 Å². The first-order valence-electron chi connectivity index (χ1n) is 7.84. The molecule has 0 saturated carbocycles. The van der Waals surface area contributed by atoms with E-state index in [1.54, 1.807) is 0 Å². The summed E-state index contributed by atoms with van der Waals surface area (Å²) in [6.45, 7) is 7.25. The lowest BCUT2D eigenvalue weighted by Gasteiger charge is -2.17. The number of carbonyl (C=O) groups excluding carboxylic acids is 1. The summed E-state index contributed by atoms with van der Waals surface area (Å²) in [4.78, 5) is 11.9. The lowest BCUT2D eigenvalue weighted by atomic mass is 10.1. The molecule has 0 aliphatic rings. The van der Waals surface area contributed by atoms with E-state index >= 15 is 0 Å². The summed E-state index contributed by atoms with van der Waals surface area (Å²) in [5.41, 5.74) is 1.15. The molecule has 0 bridgehead atoms. The van der Waals surface area contributed by atoms with Crippen LogP contribution in [0, 0.1) is 0 Å². The minimum atomic E-state index is -3.36. The Hall–Kier alpha value is -1.56. The normalized spacial score (nSPS) is 14.3. The third-order valence-electron chi connectivity index (χ3n) is 3.56. The first-order valence-corrected chi connectivity index (χ1v) is 9.80. The summed E-state index contributed by atoms with van der Waals surface area (Å²) in [6, 6.07) is 7.80. The zero-order valence-corrected chi connectivity index (χ0v) is 15.3. The molecule has 1 N–H and O–H groups in total. The van der Waals surface area contributed by atoms with E-state index in [-0.39, 0.29) is 12.1 Å². The van der Waals surface area contributed by atoms with Gasteiger partial charge in [0.25, 0.3) is 0 Å². The van der Waals surface area contributed by atoms with Crippen LogP contribution in [-0.2, 0) is 21.1 Å². The number of carbonyl (C=O) groups is 1. The first-order chi connectivity index (χ1) is 10.6. The lowest BCUT2D eigenvalue weighted by Crippen LogP contribution is -2.42. The van der Waals surface area contributed by atoms with Crippen LogP contribution in [0.15, 0.2) is 24.3 Å². The smallest absolute Gasteiger partial charge is 0.238 e. The molecule has 23 heavy (non-hydrogen) atoms. The van der Waals surface area contributed by atoms with Crippen molar-refractivity contribution in [2.75, 3.05) is 6.26 Å². The van der Waals surface area contributed by atoms with Crippen LogP contribution in [0.25, 0.3) is 0 Å². The lowest BCUT2D eigenvalue weighted by molar-refractivity contribution is -0.121. The molecule has 1 rings (SSSR count). The number of hydrogen-bond acceptors (Lipinski definition) is 4. The number of hydrogen-bond donors (Lipinski definition) is 1. The van der Waals surface area contributed by atoms with Crippen LogP contribution < -0.4 is 10.1 Å². The van der Waals surface area contributed by atoms with E-state index in [4.69, 9.17) is 4.74 Å². The molecule has 1 aromatic carbocycles. The molecule has 2 atom stereocenters. The summed E-state index contributed by atoms with van der Waals surface area (Å²) in [5, 5.41) is 1.73. The summed E-state index contributed by atoms with van der Waals surface area (Å²) >= 11 is 0. The van der Waals surface area contributed by atoms with Gasteiger partial charge >= 0.3 is 0 Å². The fourth-order valence-corrected chi connectivity index (χ4v) is 2.47. The molecule has 0 heterocycles. The third-order valence-corrected chi connectivity index (χ3v) is 5.06. The number of rotatable bonds is 8. The van der Waals surface area contributed by atoms with Crippen molar-refractivity contribution in [1.29, 1.82) is 0 Å². The number of sulfone groups is 1. The molecule has 1 aromatic rings. The van der Waals surface area contributed by atoms with Crippen molar-refractivity contribution in [2.45, 2.75) is 57.9 Å². The minimum Gasteiger partial charge on any atom is -0.491 e. The average molecular weight is 341 g/mol. The molecule has 0 aliphatic heterocycles. The number of ether oxygens (including phenoxy) is 1. The molecule has 130 valence electrons. The molecule has 6 heteroatoms. The topological polar surface area (TPSA) is 72.5 Å². The number of aryl methyl sites for hydroxylation is 1. The van der Waals surface area contributed by atoms with Gasteiger partial charge in [-0.05, 0) is 58.2 Å². The Morgan fingerprint density at radius 3 is 2.17 bits per heavy atom. The fraction of sp³-hybridized carbons (Fsp3) is 0.588. The van der Waals surface area contributed by atoms with Gasteiger partial charge in [-0.1, -0.05) is 12.1 Å². The molecule has 0 saturated heterocycles. The van der Waals surface area contributed by atoms with Crippen LogP contribution in [-0.4, -0.2) is 38.0 Å². The van der Waals surface area contributed by atoms with E-state index < -0.39 is 21.0 Å². The highest BCUT2D eigenvalue weighted by atomic mass is 32.2. The van der Waals surface area contributed by atoms with Crippen LogP contribution in [0.2, 0.25) is 0 Å². The molecule has 0 fully saturated rings. The van der Waals surface area contributed by atoms with Crippen molar-refractivity contribution in [3.05, 3.63) is 29.8 Å². The zero-order chi connectivity index (χ0) is 17.6. The summed E-state index contributed by atoms with van der Waals surface area (Å²) < 4.78 is 28.3. The number of nitrogens with one attached hydrogen (secondary N) is 1. The fourth-order valence-electron chi connectivity index (χ4n) is 2.02. The summed E-state index contributed by atoms with van der Waals surface area (Å²) in [5.74, 6) is 0.396. The molecule has 2 unspecified atom stereocenters. The summed E-state index contributed by atoms with van der Waals surface area (Å²) in [6.07, 6.45) is 2.76. The van der Waals surface area contributed by atoms with Gasteiger partial charge in [0.1, 0.15) is 11.0 Å². The second-order valence-electron chi connectivity index (χ2n) is 6.23. The predicted molar refractivity (Wildman–Crippen MR) is 92.4 cm³/mol. The molecule has 0 spiro atoms. The second kappa shape index (κ2) is 8.34. The number of amides is 1. The molecule has 1 amide bonds. The average Bonchev–Trinajstić information content (AvgIpc) is 2.44. The van der Waals surface area contributed by atoms with Gasteiger partial charge in [0.15, 0.2) is 9.84 Å². The zero-order valence-electron chi connectivity index (χ0n) is 14.5. The standard InChI is InChI=1S/C17H27NO4S/c1-12(2)22-16-10-8-15(9-11-16)7-6-13(3)18-17(19)14(4)23(5,20)21/h8-14H,6-7H2,1-5H3,(H,18,19). The van der Waals surface area contributed by atoms with E-state index in [1.807, 2.05) is 45.0 Å². The maximum absolute atomic E-state index is 11.9. The predicted octanol–water partition coefficient (Wildman–Crippen LogP) is 2.34. The Bertz CT molecular complexity index is 608. The highest BCUT2D eigenvalue weighted by molar-refractivity contribution is 7.92. The Morgan fingerprint density at radius 2 is 1.70 bits per heavy atom. The number of benzene rings is 1. The van der Waals surface area contributed by atoms with Gasteiger partial charge in [0.05, 0.1) is 6.10 Å². The van der Waals surface area contributed by atoms with Crippen LogP contribution in [0.5, 0.6) is 5.75 Å². The molecule has 0 aliphatic carbocycles. The minimum absolute atomic E-state index is 0.0849. The monoisotopic (exact) mass is 341 g/mol. The van der Waals surface area contributed by atoms with Gasteiger partial charge in [0, 0.05) is 12.3 Å². The Labute approximate surface area is 139 Å². The van der Waals surface area contributed by atoms with E-state index in [2.05, 4.69) is 5.32 Å². The maximum Gasteiger partial charge on any atom is 0.238 e. The largest absolute Gasteiger partial charge is 0.491 e. The van der Waals surface area contributed by atoms with Gasteiger partial charge in [0.2, 0.25) is 5.91 Å². The molecular weight excluding hydrogens is 314 g/mol. The van der Waals surface area contributed by atoms with E-state index in [1.165, 1.54) is 6.92 Å². The SMILES string of the molecule is CC(CCc1ccc(OC(C)C)cc1)NC(=O)C(C)S(C)(=O)=O. The van der Waals surface area contributed by atoms with Crippen molar-refractivity contribution >= 4 is 15.7 Å². The highest BCUT2D eigenvalue weighted by Crippen LogP contribution is 2.15. The second-order valence-corrected chi connectivity index (χ2v) is 8.60. The molecule has 5 nitrogen and oxygen atoms in total. The highest BCUT2D eigenvalue weighted by Gasteiger charge is 2.24. The van der Waals surface area contributed by atoms with Crippen molar-refractivity contribution in [2.24, 2.45) is 0 Å². The quantitative estimate of drug-likeness (QED) is 0.788. The molecule has 0 radical (unpaired) electrons. The van der Waals surface area contributed by atoms with Gasteiger partial charge in [-0.2, -0.15) is 0 Å². The molecule has 0 aromatic heterocycles. The van der Waals surface area contributed by atoms with Crippen molar-refractivity contribution < 1.29 is 17.9 Å². The summed E-state index contributed by atoms with van der Waals surface area (Å²) in [7, 11) is -3.36. The van der Waals surface area contributed by atoms with Crippen molar-refractivity contribution in [3.8, 4) is 5.75 Å². The molecular formula is C17H27NO4S. The van der Waals surface area contributed by atoms with Gasteiger partial charge in [-0.3, -0.25) is 4.79 Å². The van der Waals surface area contributed by atoms with Crippen molar-refractivity contribution in [3.63, 3.8) is 0 Å². The van der Waals surface area contributed by atoms with Crippen LogP contribution in [0.1, 0.15) is 39.7 Å². The Morgan fingerprint density at radius 1 is 1.13 bits per heavy atom. The Kier molecular flexibility index (Phi) is 7.06. The van der Waals surface area contributed by atoms with Gasteiger partial charge in [-0.15, -0.1) is 0 Å². The Balaban J connectivity index is 2.47. The van der Waals surface area contributed by atoms with Crippen LogP contribution in [0.4, 0.5) is 0 Å². The van der Waals surface area contributed by atoms with Gasteiger partial charge < -0.3 is 10.1 Å². The van der Waals surface area contributed by atoms with E-state index in [0.717, 1.165) is 30.4 Å². The third kappa shape index (κ3) is 7.03.